The van der Waals surface area contributed by atoms with Crippen molar-refractivity contribution in [1.82, 2.24) is 19.8 Å². The van der Waals surface area contributed by atoms with Gasteiger partial charge in [0.1, 0.15) is 16.5 Å². The van der Waals surface area contributed by atoms with E-state index in [9.17, 15) is 4.79 Å². The average molecular weight is 507 g/mol. The number of urea groups is 1. The second-order valence-corrected chi connectivity index (χ2v) is 11.4. The Morgan fingerprint density at radius 1 is 1.11 bits per heavy atom. The largest absolute Gasteiger partial charge is 0.352 e. The Bertz CT molecular complexity index is 1230. The van der Waals surface area contributed by atoms with Crippen molar-refractivity contribution in [3.8, 4) is 0 Å². The summed E-state index contributed by atoms with van der Waals surface area (Å²) < 4.78 is 0. The summed E-state index contributed by atoms with van der Waals surface area (Å²) in [4.78, 5) is 32.5. The molecule has 0 spiro atoms. The van der Waals surface area contributed by atoms with Gasteiger partial charge in [0, 0.05) is 56.3 Å². The molecule has 192 valence electrons. The van der Waals surface area contributed by atoms with Gasteiger partial charge in [-0.25, -0.2) is 14.8 Å². The Morgan fingerprint density at radius 2 is 1.92 bits per heavy atom. The van der Waals surface area contributed by atoms with Crippen molar-refractivity contribution in [2.24, 2.45) is 5.92 Å². The standard InChI is InChI=1S/C28H38N6OS/c1-5-20-8-7-9-21(17-20)29-28(35)34-14-12-33(13-15-34)26-25-22-10-11-32(6-2)18-23(22)36-27(25)31-24(30-26)16-19(3)4/h7-9,17,19H,5-6,10-16,18H2,1-4H3,(H,29,35). The lowest BCUT2D eigenvalue weighted by Crippen LogP contribution is -2.50. The number of carbonyl (C=O) groups excluding carboxylic acids is 1. The van der Waals surface area contributed by atoms with Crippen LogP contribution in [0.15, 0.2) is 24.3 Å². The summed E-state index contributed by atoms with van der Waals surface area (Å²) in [5.74, 6) is 2.52. The van der Waals surface area contributed by atoms with Gasteiger partial charge in [0.2, 0.25) is 0 Å². The predicted molar refractivity (Wildman–Crippen MR) is 149 cm³/mol. The molecule has 0 radical (unpaired) electrons. The maximum atomic E-state index is 13.0. The van der Waals surface area contributed by atoms with Crippen molar-refractivity contribution in [2.75, 3.05) is 49.5 Å². The summed E-state index contributed by atoms with van der Waals surface area (Å²) in [5.41, 5.74) is 3.54. The highest BCUT2D eigenvalue weighted by molar-refractivity contribution is 7.19. The molecule has 1 fully saturated rings. The van der Waals surface area contributed by atoms with Crippen LogP contribution < -0.4 is 10.2 Å². The van der Waals surface area contributed by atoms with E-state index in [0.717, 1.165) is 74.1 Å². The Hall–Kier alpha value is -2.71. The number of benzene rings is 1. The lowest BCUT2D eigenvalue weighted by Gasteiger charge is -2.36. The molecule has 36 heavy (non-hydrogen) atoms. The van der Waals surface area contributed by atoms with Crippen LogP contribution in [0.3, 0.4) is 0 Å². The number of nitrogens with zero attached hydrogens (tertiary/aromatic N) is 5. The molecule has 0 bridgehead atoms. The van der Waals surface area contributed by atoms with Crippen molar-refractivity contribution in [1.29, 1.82) is 0 Å². The molecule has 0 atom stereocenters. The molecule has 2 aliphatic rings. The topological polar surface area (TPSA) is 64.6 Å². The summed E-state index contributed by atoms with van der Waals surface area (Å²) in [5, 5.41) is 4.34. The summed E-state index contributed by atoms with van der Waals surface area (Å²) in [6.45, 7) is 14.9. The van der Waals surface area contributed by atoms with E-state index in [1.54, 1.807) is 0 Å². The lowest BCUT2D eigenvalue weighted by atomic mass is 10.0. The number of hydrogen-bond donors (Lipinski definition) is 1. The number of fused-ring (bicyclic) bond motifs is 3. The van der Waals surface area contributed by atoms with Gasteiger partial charge < -0.3 is 15.1 Å². The van der Waals surface area contributed by atoms with E-state index in [2.05, 4.69) is 54.9 Å². The number of amides is 2. The van der Waals surface area contributed by atoms with Crippen LogP contribution >= 0.6 is 11.3 Å². The number of aromatic nitrogens is 2. The van der Waals surface area contributed by atoms with Crippen molar-refractivity contribution >= 4 is 39.1 Å². The van der Waals surface area contributed by atoms with Gasteiger partial charge in [0.15, 0.2) is 0 Å². The van der Waals surface area contributed by atoms with Crippen molar-refractivity contribution in [2.45, 2.75) is 53.5 Å². The molecule has 3 aromatic rings. The van der Waals surface area contributed by atoms with Crippen LogP contribution in [0.1, 0.15) is 49.5 Å². The number of piperazine rings is 1. The van der Waals surface area contributed by atoms with Gasteiger partial charge in [-0.2, -0.15) is 0 Å². The van der Waals surface area contributed by atoms with Gasteiger partial charge in [-0.3, -0.25) is 4.90 Å². The smallest absolute Gasteiger partial charge is 0.321 e. The van der Waals surface area contributed by atoms with Crippen molar-refractivity contribution in [3.63, 3.8) is 0 Å². The highest BCUT2D eigenvalue weighted by Gasteiger charge is 2.28. The molecule has 7 nitrogen and oxygen atoms in total. The zero-order chi connectivity index (χ0) is 25.2. The van der Waals surface area contributed by atoms with E-state index >= 15 is 0 Å². The van der Waals surface area contributed by atoms with Crippen LogP contribution in [-0.2, 0) is 25.8 Å². The van der Waals surface area contributed by atoms with Crippen LogP contribution in [0.5, 0.6) is 0 Å². The zero-order valence-electron chi connectivity index (χ0n) is 22.0. The van der Waals surface area contributed by atoms with Crippen LogP contribution in [-0.4, -0.2) is 65.1 Å². The summed E-state index contributed by atoms with van der Waals surface area (Å²) >= 11 is 1.85. The van der Waals surface area contributed by atoms with Crippen LogP contribution in [0, 0.1) is 5.92 Å². The summed E-state index contributed by atoms with van der Waals surface area (Å²) in [7, 11) is 0. The Kier molecular flexibility index (Phi) is 7.44. The van der Waals surface area contributed by atoms with Gasteiger partial charge in [0.25, 0.3) is 0 Å². The van der Waals surface area contributed by atoms with Crippen molar-refractivity contribution < 1.29 is 4.79 Å². The molecular formula is C28H38N6OS. The van der Waals surface area contributed by atoms with E-state index in [1.807, 2.05) is 28.4 Å². The maximum absolute atomic E-state index is 13.0. The number of anilines is 2. The van der Waals surface area contributed by atoms with E-state index in [4.69, 9.17) is 9.97 Å². The Labute approximate surface area is 218 Å². The van der Waals surface area contributed by atoms with Gasteiger partial charge in [-0.1, -0.05) is 39.8 Å². The lowest BCUT2D eigenvalue weighted by molar-refractivity contribution is 0.208. The first-order chi connectivity index (χ1) is 17.4. The number of rotatable bonds is 6. The molecule has 4 heterocycles. The third-order valence-corrected chi connectivity index (χ3v) is 8.41. The number of thiophene rings is 1. The van der Waals surface area contributed by atoms with Gasteiger partial charge in [0.05, 0.1) is 5.39 Å². The highest BCUT2D eigenvalue weighted by Crippen LogP contribution is 2.39. The predicted octanol–water partition coefficient (Wildman–Crippen LogP) is 5.18. The number of aryl methyl sites for hydroxylation is 1. The summed E-state index contributed by atoms with van der Waals surface area (Å²) in [6.07, 6.45) is 2.89. The number of hydrogen-bond acceptors (Lipinski definition) is 6. The molecule has 1 aromatic carbocycles. The number of carbonyl (C=O) groups is 1. The Morgan fingerprint density at radius 3 is 2.64 bits per heavy atom. The molecule has 2 amide bonds. The molecule has 1 saturated heterocycles. The molecule has 2 aliphatic heterocycles. The highest BCUT2D eigenvalue weighted by atomic mass is 32.1. The molecular weight excluding hydrogens is 468 g/mol. The molecule has 5 rings (SSSR count). The normalized spacial score (nSPS) is 16.6. The first kappa shape index (κ1) is 25.0. The molecule has 0 aliphatic carbocycles. The first-order valence-electron chi connectivity index (χ1n) is 13.4. The average Bonchev–Trinajstić information content (AvgIpc) is 3.25. The molecule has 1 N–H and O–H groups in total. The van der Waals surface area contributed by atoms with Crippen molar-refractivity contribution in [3.05, 3.63) is 46.1 Å². The molecule has 0 saturated carbocycles. The summed E-state index contributed by atoms with van der Waals surface area (Å²) in [6, 6.07) is 8.08. The monoisotopic (exact) mass is 506 g/mol. The molecule has 8 heteroatoms. The maximum Gasteiger partial charge on any atom is 0.321 e. The van der Waals surface area contributed by atoms with Crippen LogP contribution in [0.2, 0.25) is 0 Å². The quantitative estimate of drug-likeness (QED) is 0.499. The van der Waals surface area contributed by atoms with Crippen LogP contribution in [0.4, 0.5) is 16.3 Å². The third-order valence-electron chi connectivity index (χ3n) is 7.30. The van der Waals surface area contributed by atoms with E-state index in [-0.39, 0.29) is 6.03 Å². The van der Waals surface area contributed by atoms with Gasteiger partial charge in [-0.05, 0) is 48.6 Å². The fourth-order valence-corrected chi connectivity index (χ4v) is 6.50. The molecule has 2 aromatic heterocycles. The number of nitrogens with one attached hydrogen (secondary N) is 1. The number of likely N-dealkylation sites (N-methyl/N-ethyl adjacent to an activating group) is 1. The third kappa shape index (κ3) is 5.20. The Balaban J connectivity index is 1.36. The van der Waals surface area contributed by atoms with E-state index in [1.165, 1.54) is 21.4 Å². The van der Waals surface area contributed by atoms with Gasteiger partial charge >= 0.3 is 6.03 Å². The minimum absolute atomic E-state index is 0.0243. The first-order valence-corrected chi connectivity index (χ1v) is 14.2. The second kappa shape index (κ2) is 10.7. The minimum Gasteiger partial charge on any atom is -0.352 e. The minimum atomic E-state index is -0.0243. The molecule has 0 unspecified atom stereocenters. The fourth-order valence-electron chi connectivity index (χ4n) is 5.22. The second-order valence-electron chi connectivity index (χ2n) is 10.3. The van der Waals surface area contributed by atoms with E-state index < -0.39 is 0 Å². The fraction of sp³-hybridized carbons (Fsp3) is 0.536. The van der Waals surface area contributed by atoms with Crippen LogP contribution in [0.25, 0.3) is 10.2 Å². The SMILES string of the molecule is CCc1cccc(NC(=O)N2CCN(c3nc(CC(C)C)nc4sc5c(c34)CCN(CC)C5)CC2)c1. The van der Waals surface area contributed by atoms with Gasteiger partial charge in [-0.15, -0.1) is 11.3 Å². The van der Waals surface area contributed by atoms with E-state index in [0.29, 0.717) is 19.0 Å². The zero-order valence-corrected chi connectivity index (χ0v) is 22.8.